The van der Waals surface area contributed by atoms with Crippen LogP contribution < -0.4 is 15.4 Å². The largest absolute Gasteiger partial charge is 0.489 e. The van der Waals surface area contributed by atoms with Crippen LogP contribution in [0, 0.1) is 6.92 Å². The molecule has 0 aromatic heterocycles. The molecule has 1 atom stereocenters. The molecule has 0 saturated heterocycles. The van der Waals surface area contributed by atoms with E-state index in [1.165, 1.54) is 5.56 Å². The van der Waals surface area contributed by atoms with Crippen molar-refractivity contribution in [3.63, 3.8) is 0 Å². The highest BCUT2D eigenvalue weighted by atomic mass is 16.5. The molecule has 2 aromatic carbocycles. The van der Waals surface area contributed by atoms with Gasteiger partial charge in [-0.1, -0.05) is 43.3 Å². The van der Waals surface area contributed by atoms with Crippen LogP contribution in [-0.2, 0) is 16.1 Å². The summed E-state index contributed by atoms with van der Waals surface area (Å²) in [5.41, 5.74) is 4.11. The van der Waals surface area contributed by atoms with Gasteiger partial charge in [-0.3, -0.25) is 0 Å². The molecule has 3 rings (SSSR count). The third-order valence-electron chi connectivity index (χ3n) is 4.87. The van der Waals surface area contributed by atoms with Gasteiger partial charge in [0.2, 0.25) is 0 Å². The number of aryl methyl sites for hydroxylation is 1. The highest BCUT2D eigenvalue weighted by molar-refractivity contribution is 5.95. The Morgan fingerprint density at radius 1 is 1.07 bits per heavy atom. The van der Waals surface area contributed by atoms with E-state index in [-0.39, 0.29) is 12.6 Å². The lowest BCUT2D eigenvalue weighted by Crippen LogP contribution is -2.45. The Labute approximate surface area is 170 Å². The van der Waals surface area contributed by atoms with Crippen LogP contribution in [0.4, 0.5) is 4.79 Å². The molecular weight excluding hydrogens is 368 g/mol. The summed E-state index contributed by atoms with van der Waals surface area (Å²) < 4.78 is 11.1. The van der Waals surface area contributed by atoms with Crippen LogP contribution >= 0.6 is 0 Å². The number of carbonyl (C=O) groups is 2. The topological polar surface area (TPSA) is 76.7 Å². The SMILES string of the molecule is CCOC(=O)C1=C(CC)NC(=O)NC1c1ccc(OCc2ccccc2C)cc1. The number of amides is 2. The number of urea groups is 1. The van der Waals surface area contributed by atoms with Crippen LogP contribution in [-0.4, -0.2) is 18.6 Å². The van der Waals surface area contributed by atoms with E-state index in [1.54, 1.807) is 6.92 Å². The molecule has 1 aliphatic heterocycles. The number of carbonyl (C=O) groups excluding carboxylic acids is 2. The molecule has 0 bridgehead atoms. The molecule has 1 heterocycles. The summed E-state index contributed by atoms with van der Waals surface area (Å²) in [6, 6.07) is 14.6. The molecule has 0 saturated carbocycles. The number of hydrogen-bond acceptors (Lipinski definition) is 4. The summed E-state index contributed by atoms with van der Waals surface area (Å²) in [4.78, 5) is 24.6. The average molecular weight is 394 g/mol. The van der Waals surface area contributed by atoms with E-state index in [4.69, 9.17) is 9.47 Å². The zero-order chi connectivity index (χ0) is 20.8. The van der Waals surface area contributed by atoms with Gasteiger partial charge in [0.15, 0.2) is 0 Å². The maximum absolute atomic E-state index is 12.5. The van der Waals surface area contributed by atoms with Crippen molar-refractivity contribution in [3.8, 4) is 5.75 Å². The lowest BCUT2D eigenvalue weighted by molar-refractivity contribution is -0.139. The van der Waals surface area contributed by atoms with Crippen LogP contribution in [0.2, 0.25) is 0 Å². The molecule has 6 nitrogen and oxygen atoms in total. The van der Waals surface area contributed by atoms with Crippen molar-refractivity contribution >= 4 is 12.0 Å². The fraction of sp³-hybridized carbons (Fsp3) is 0.304. The molecular formula is C23H26N2O4. The lowest BCUT2D eigenvalue weighted by atomic mass is 9.94. The quantitative estimate of drug-likeness (QED) is 0.692. The molecule has 2 amide bonds. The Balaban J connectivity index is 1.80. The number of allylic oxidation sites excluding steroid dienone is 1. The maximum atomic E-state index is 12.5. The first-order valence-electron chi connectivity index (χ1n) is 9.78. The first-order chi connectivity index (χ1) is 14.0. The lowest BCUT2D eigenvalue weighted by Gasteiger charge is -2.29. The molecule has 0 aliphatic carbocycles. The second kappa shape index (κ2) is 9.28. The van der Waals surface area contributed by atoms with E-state index in [1.807, 2.05) is 49.4 Å². The van der Waals surface area contributed by atoms with E-state index in [0.29, 0.717) is 24.3 Å². The molecule has 2 N–H and O–H groups in total. The number of esters is 1. The monoisotopic (exact) mass is 394 g/mol. The van der Waals surface area contributed by atoms with Crippen molar-refractivity contribution in [2.75, 3.05) is 6.61 Å². The molecule has 29 heavy (non-hydrogen) atoms. The number of benzene rings is 2. The molecule has 0 fully saturated rings. The standard InChI is InChI=1S/C23H26N2O4/c1-4-19-20(22(26)28-5-2)21(25-23(27)24-19)16-10-12-18(13-11-16)29-14-17-9-7-6-8-15(17)3/h6-13,21H,4-5,14H2,1-3H3,(H2,24,25,27). The van der Waals surface area contributed by atoms with Crippen LogP contribution in [0.3, 0.4) is 0 Å². The summed E-state index contributed by atoms with van der Waals surface area (Å²) in [6.45, 7) is 6.44. The van der Waals surface area contributed by atoms with Gasteiger partial charge in [0, 0.05) is 5.70 Å². The summed E-state index contributed by atoms with van der Waals surface area (Å²) in [5, 5.41) is 5.54. The number of ether oxygens (including phenoxy) is 2. The fourth-order valence-electron chi connectivity index (χ4n) is 3.29. The van der Waals surface area contributed by atoms with Crippen LogP contribution in [0.25, 0.3) is 0 Å². The molecule has 0 spiro atoms. The van der Waals surface area contributed by atoms with Gasteiger partial charge in [-0.15, -0.1) is 0 Å². The van der Waals surface area contributed by atoms with E-state index >= 15 is 0 Å². The average Bonchev–Trinajstić information content (AvgIpc) is 2.73. The van der Waals surface area contributed by atoms with Crippen LogP contribution in [0.5, 0.6) is 5.75 Å². The predicted octanol–water partition coefficient (Wildman–Crippen LogP) is 4.16. The van der Waals surface area contributed by atoms with Crippen molar-refractivity contribution in [1.82, 2.24) is 10.6 Å². The zero-order valence-electron chi connectivity index (χ0n) is 17.0. The van der Waals surface area contributed by atoms with Crippen molar-refractivity contribution < 1.29 is 19.1 Å². The van der Waals surface area contributed by atoms with Gasteiger partial charge in [-0.2, -0.15) is 0 Å². The number of nitrogens with one attached hydrogen (secondary N) is 2. The number of rotatable bonds is 7. The molecule has 6 heteroatoms. The second-order valence-electron chi connectivity index (χ2n) is 6.78. The summed E-state index contributed by atoms with van der Waals surface area (Å²) in [6.07, 6.45) is 0.524. The van der Waals surface area contributed by atoms with Crippen molar-refractivity contribution in [3.05, 3.63) is 76.5 Å². The first-order valence-corrected chi connectivity index (χ1v) is 9.78. The smallest absolute Gasteiger partial charge is 0.338 e. The highest BCUT2D eigenvalue weighted by Gasteiger charge is 2.32. The fourth-order valence-corrected chi connectivity index (χ4v) is 3.29. The van der Waals surface area contributed by atoms with Crippen molar-refractivity contribution in [2.45, 2.75) is 39.8 Å². The Morgan fingerprint density at radius 3 is 2.45 bits per heavy atom. The van der Waals surface area contributed by atoms with E-state index in [9.17, 15) is 9.59 Å². The van der Waals surface area contributed by atoms with Gasteiger partial charge in [-0.25, -0.2) is 9.59 Å². The normalized spacial score (nSPS) is 16.1. The van der Waals surface area contributed by atoms with E-state index < -0.39 is 12.0 Å². The minimum absolute atomic E-state index is 0.270. The van der Waals surface area contributed by atoms with Gasteiger partial charge in [0.1, 0.15) is 12.4 Å². The van der Waals surface area contributed by atoms with Crippen LogP contribution in [0.15, 0.2) is 59.8 Å². The van der Waals surface area contributed by atoms with Gasteiger partial charge >= 0.3 is 12.0 Å². The Morgan fingerprint density at radius 2 is 1.79 bits per heavy atom. The maximum Gasteiger partial charge on any atom is 0.338 e. The van der Waals surface area contributed by atoms with E-state index in [0.717, 1.165) is 16.9 Å². The molecule has 1 aliphatic rings. The van der Waals surface area contributed by atoms with Crippen molar-refractivity contribution in [1.29, 1.82) is 0 Å². The van der Waals surface area contributed by atoms with E-state index in [2.05, 4.69) is 23.6 Å². The minimum atomic E-state index is -0.567. The molecule has 2 aromatic rings. The number of hydrogen-bond donors (Lipinski definition) is 2. The van der Waals surface area contributed by atoms with Crippen LogP contribution in [0.1, 0.15) is 43.0 Å². The highest BCUT2D eigenvalue weighted by Crippen LogP contribution is 2.30. The second-order valence-corrected chi connectivity index (χ2v) is 6.78. The summed E-state index contributed by atoms with van der Waals surface area (Å²) in [7, 11) is 0. The molecule has 152 valence electrons. The third-order valence-corrected chi connectivity index (χ3v) is 4.87. The molecule has 0 radical (unpaired) electrons. The predicted molar refractivity (Wildman–Crippen MR) is 110 cm³/mol. The van der Waals surface area contributed by atoms with Gasteiger partial charge < -0.3 is 20.1 Å². The summed E-state index contributed by atoms with van der Waals surface area (Å²) in [5.74, 6) is 0.288. The summed E-state index contributed by atoms with van der Waals surface area (Å²) >= 11 is 0. The first kappa shape index (κ1) is 20.5. The van der Waals surface area contributed by atoms with Gasteiger partial charge in [0.25, 0.3) is 0 Å². The van der Waals surface area contributed by atoms with Gasteiger partial charge in [-0.05, 0) is 49.1 Å². The Kier molecular flexibility index (Phi) is 6.54. The minimum Gasteiger partial charge on any atom is -0.489 e. The van der Waals surface area contributed by atoms with Gasteiger partial charge in [0.05, 0.1) is 18.2 Å². The molecule has 1 unspecified atom stereocenters. The zero-order valence-corrected chi connectivity index (χ0v) is 17.0. The Bertz CT molecular complexity index is 919. The Hall–Kier alpha value is -3.28. The third kappa shape index (κ3) is 4.77. The van der Waals surface area contributed by atoms with Crippen molar-refractivity contribution in [2.24, 2.45) is 0 Å².